The molecule has 0 unspecified atom stereocenters. The van der Waals surface area contributed by atoms with E-state index in [-0.39, 0.29) is 26.4 Å². The first-order valence-electron chi connectivity index (χ1n) is 7.10. The number of phenols is 2. The van der Waals surface area contributed by atoms with Gasteiger partial charge in [-0.3, -0.25) is 0 Å². The largest absolute Gasteiger partial charge is 0.507 e. The van der Waals surface area contributed by atoms with Crippen molar-refractivity contribution < 1.29 is 10.2 Å². The third kappa shape index (κ3) is 9.78. The van der Waals surface area contributed by atoms with Crippen LogP contribution in [0.2, 0.25) is 0 Å². The average molecular weight is 296 g/mol. The molecular formula is C19H36O2. The van der Waals surface area contributed by atoms with E-state index in [0.717, 1.165) is 0 Å². The molecule has 0 aliphatic carbocycles. The number of hydrogen-bond donors (Lipinski definition) is 2. The molecule has 0 heterocycles. The van der Waals surface area contributed by atoms with Crippen molar-refractivity contribution in [1.82, 2.24) is 0 Å². The normalized spacial score (nSPS) is 7.33. The molecule has 0 saturated heterocycles. The molecule has 2 aromatic rings. The number of phenolic OH excluding ortho intramolecular Hbond substituents is 2. The van der Waals surface area contributed by atoms with Gasteiger partial charge >= 0.3 is 0 Å². The lowest BCUT2D eigenvalue weighted by molar-refractivity contribution is 0.475. The maximum absolute atomic E-state index is 9.38. The lowest BCUT2D eigenvalue weighted by Crippen LogP contribution is -1.73. The Balaban J connectivity index is -0.000000141. The highest BCUT2D eigenvalue weighted by Gasteiger charge is 2.00. The third-order valence-corrected chi connectivity index (χ3v) is 1.88. The summed E-state index contributed by atoms with van der Waals surface area (Å²) in [6, 6.07) is 10.1. The van der Waals surface area contributed by atoms with Crippen molar-refractivity contribution in [1.29, 1.82) is 0 Å². The van der Waals surface area contributed by atoms with Crippen molar-refractivity contribution in [3.63, 3.8) is 0 Å². The van der Waals surface area contributed by atoms with E-state index in [0.29, 0.717) is 10.8 Å². The number of aromatic hydroxyl groups is 2. The summed E-state index contributed by atoms with van der Waals surface area (Å²) in [5, 5.41) is 20.1. The second-order valence-corrected chi connectivity index (χ2v) is 3.36. The van der Waals surface area contributed by atoms with Gasteiger partial charge < -0.3 is 10.2 Å². The Kier molecular flexibility index (Phi) is 24.1. The minimum absolute atomic E-state index is 0. The Bertz CT molecular complexity index is 395. The smallest absolute Gasteiger partial charge is 0.123 e. The molecule has 124 valence electrons. The van der Waals surface area contributed by atoms with Crippen LogP contribution in [0, 0.1) is 0 Å². The molecule has 0 aromatic heterocycles. The van der Waals surface area contributed by atoms with Gasteiger partial charge in [-0.15, -0.1) is 0 Å². The highest BCUT2D eigenvalue weighted by atomic mass is 16.3. The summed E-state index contributed by atoms with van der Waals surface area (Å²) >= 11 is 0. The van der Waals surface area contributed by atoms with E-state index in [1.54, 1.807) is 36.4 Å². The highest BCUT2D eigenvalue weighted by Crippen LogP contribution is 2.29. The Morgan fingerprint density at radius 3 is 1.14 bits per heavy atom. The zero-order valence-corrected chi connectivity index (χ0v) is 13.1. The summed E-state index contributed by atoms with van der Waals surface area (Å²) in [4.78, 5) is 0. The van der Waals surface area contributed by atoms with Crippen LogP contribution in [0.4, 0.5) is 0 Å². The minimum Gasteiger partial charge on any atom is -0.507 e. The molecule has 0 radical (unpaired) electrons. The minimum atomic E-state index is 0. The second kappa shape index (κ2) is 18.3. The molecule has 2 nitrogen and oxygen atoms in total. The highest BCUT2D eigenvalue weighted by molar-refractivity contribution is 5.92. The molecule has 0 bridgehead atoms. The van der Waals surface area contributed by atoms with Gasteiger partial charge in [-0.25, -0.2) is 0 Å². The fourth-order valence-corrected chi connectivity index (χ4v) is 1.28. The van der Waals surface area contributed by atoms with E-state index in [4.69, 9.17) is 0 Å². The van der Waals surface area contributed by atoms with Crippen molar-refractivity contribution >= 4 is 10.8 Å². The molecular weight excluding hydrogens is 260 g/mol. The first kappa shape index (κ1) is 27.6. The van der Waals surface area contributed by atoms with Gasteiger partial charge in [0.25, 0.3) is 0 Å². The van der Waals surface area contributed by atoms with Crippen LogP contribution in [-0.2, 0) is 0 Å². The number of rotatable bonds is 0. The van der Waals surface area contributed by atoms with E-state index in [1.807, 2.05) is 27.7 Å². The molecule has 0 aliphatic heterocycles. The van der Waals surface area contributed by atoms with Crippen molar-refractivity contribution in [2.24, 2.45) is 0 Å². The standard InChI is InChI=1S/C10H8O2.C3H8.2C2H6.2CH4/c11-9-5-1-3-7-8(9)4-2-6-10(7)12;1-3-2;2*1-2;;/h1-6,11-12H;3H2,1-2H3;2*1-2H3;2*1H4. The van der Waals surface area contributed by atoms with E-state index in [2.05, 4.69) is 13.8 Å². The molecule has 0 atom stereocenters. The lowest BCUT2D eigenvalue weighted by atomic mass is 10.1. The van der Waals surface area contributed by atoms with Gasteiger partial charge in [0.15, 0.2) is 0 Å². The predicted molar refractivity (Wildman–Crippen MR) is 99.4 cm³/mol. The first-order chi connectivity index (χ1) is 9.20. The topological polar surface area (TPSA) is 40.5 Å². The van der Waals surface area contributed by atoms with Crippen LogP contribution < -0.4 is 0 Å². The number of hydrogen-bond acceptors (Lipinski definition) is 2. The molecule has 2 N–H and O–H groups in total. The second-order valence-electron chi connectivity index (χ2n) is 3.36. The summed E-state index contributed by atoms with van der Waals surface area (Å²) in [6.07, 6.45) is 1.25. The average Bonchev–Trinajstić information content (AvgIpc) is 2.46. The van der Waals surface area contributed by atoms with Crippen LogP contribution in [-0.4, -0.2) is 10.2 Å². The Morgan fingerprint density at radius 2 is 0.905 bits per heavy atom. The molecule has 0 saturated carbocycles. The van der Waals surface area contributed by atoms with Gasteiger partial charge in [-0.05, 0) is 12.1 Å². The molecule has 0 aliphatic rings. The van der Waals surface area contributed by atoms with Crippen molar-refractivity contribution in [3.8, 4) is 11.5 Å². The van der Waals surface area contributed by atoms with Crippen molar-refractivity contribution in [2.75, 3.05) is 0 Å². The lowest BCUT2D eigenvalue weighted by Gasteiger charge is -2.01. The van der Waals surface area contributed by atoms with Gasteiger partial charge in [0, 0.05) is 10.8 Å². The summed E-state index contributed by atoms with van der Waals surface area (Å²) in [6.45, 7) is 12.2. The molecule has 2 heteroatoms. The van der Waals surface area contributed by atoms with Gasteiger partial charge in [0.05, 0.1) is 0 Å². The maximum Gasteiger partial charge on any atom is 0.123 e. The van der Waals surface area contributed by atoms with Crippen LogP contribution in [0.3, 0.4) is 0 Å². The van der Waals surface area contributed by atoms with Gasteiger partial charge in [-0.1, -0.05) is 87.1 Å². The van der Waals surface area contributed by atoms with E-state index in [9.17, 15) is 10.2 Å². The SMILES string of the molecule is C.C.CC.CC.CCC.Oc1cccc2c(O)cccc12. The molecule has 2 aromatic carbocycles. The Hall–Kier alpha value is -1.70. The first-order valence-corrected chi connectivity index (χ1v) is 7.10. The van der Waals surface area contributed by atoms with E-state index >= 15 is 0 Å². The molecule has 2 rings (SSSR count). The molecule has 0 amide bonds. The van der Waals surface area contributed by atoms with Crippen LogP contribution in [0.15, 0.2) is 36.4 Å². The van der Waals surface area contributed by atoms with E-state index < -0.39 is 0 Å². The van der Waals surface area contributed by atoms with Crippen LogP contribution in [0.5, 0.6) is 11.5 Å². The van der Waals surface area contributed by atoms with Crippen molar-refractivity contribution in [3.05, 3.63) is 36.4 Å². The fourth-order valence-electron chi connectivity index (χ4n) is 1.28. The van der Waals surface area contributed by atoms with Crippen LogP contribution >= 0.6 is 0 Å². The molecule has 0 fully saturated rings. The Morgan fingerprint density at radius 1 is 0.667 bits per heavy atom. The maximum atomic E-state index is 9.38. The van der Waals surface area contributed by atoms with Crippen LogP contribution in [0.1, 0.15) is 62.8 Å². The summed E-state index contributed by atoms with van der Waals surface area (Å²) in [5.74, 6) is 0.395. The van der Waals surface area contributed by atoms with Crippen molar-refractivity contribution in [2.45, 2.75) is 62.8 Å². The summed E-state index contributed by atoms with van der Waals surface area (Å²) in [7, 11) is 0. The predicted octanol–water partition coefficient (Wildman–Crippen LogP) is 6.99. The number of benzene rings is 2. The summed E-state index contributed by atoms with van der Waals surface area (Å²) in [5.41, 5.74) is 0. The monoisotopic (exact) mass is 296 g/mol. The van der Waals surface area contributed by atoms with Crippen LogP contribution in [0.25, 0.3) is 10.8 Å². The fraction of sp³-hybridized carbons (Fsp3) is 0.474. The van der Waals surface area contributed by atoms with Gasteiger partial charge in [0.1, 0.15) is 11.5 Å². The zero-order chi connectivity index (χ0) is 15.3. The third-order valence-electron chi connectivity index (χ3n) is 1.88. The number of fused-ring (bicyclic) bond motifs is 1. The zero-order valence-electron chi connectivity index (χ0n) is 13.1. The van der Waals surface area contributed by atoms with Gasteiger partial charge in [0.2, 0.25) is 0 Å². The van der Waals surface area contributed by atoms with Gasteiger partial charge in [-0.2, -0.15) is 0 Å². The van der Waals surface area contributed by atoms with E-state index in [1.165, 1.54) is 6.42 Å². The molecule has 0 spiro atoms. The summed E-state index contributed by atoms with van der Waals surface area (Å²) < 4.78 is 0. The molecule has 21 heavy (non-hydrogen) atoms. The Labute approximate surface area is 132 Å². The quantitative estimate of drug-likeness (QED) is 0.550.